The first-order chi connectivity index (χ1) is 7.60. The van der Waals surface area contributed by atoms with E-state index in [1.54, 1.807) is 0 Å². The molecule has 1 aromatic carbocycles. The van der Waals surface area contributed by atoms with Crippen LogP contribution >= 0.6 is 0 Å². The van der Waals surface area contributed by atoms with Crippen LogP contribution in [0.4, 0.5) is 0 Å². The average Bonchev–Trinajstić information content (AvgIpc) is 2.63. The molecule has 0 radical (unpaired) electrons. The summed E-state index contributed by atoms with van der Waals surface area (Å²) in [6, 6.07) is 10.0. The van der Waals surface area contributed by atoms with E-state index < -0.39 is 11.5 Å². The van der Waals surface area contributed by atoms with E-state index in [2.05, 4.69) is 4.90 Å². The van der Waals surface area contributed by atoms with Crippen molar-refractivity contribution in [2.75, 3.05) is 13.1 Å². The predicted molar refractivity (Wildman–Crippen MR) is 60.9 cm³/mol. The minimum absolute atomic E-state index is 0.428. The summed E-state index contributed by atoms with van der Waals surface area (Å²) >= 11 is 0. The van der Waals surface area contributed by atoms with Crippen LogP contribution in [0.2, 0.25) is 0 Å². The molecule has 0 amide bonds. The summed E-state index contributed by atoms with van der Waals surface area (Å²) in [6.45, 7) is 1.95. The minimum Gasteiger partial charge on any atom is -0.480 e. The van der Waals surface area contributed by atoms with Gasteiger partial charge >= 0.3 is 5.97 Å². The van der Waals surface area contributed by atoms with Crippen LogP contribution in [-0.4, -0.2) is 34.6 Å². The van der Waals surface area contributed by atoms with Crippen LogP contribution in [0.5, 0.6) is 0 Å². The van der Waals surface area contributed by atoms with Crippen molar-refractivity contribution in [2.24, 2.45) is 5.73 Å². The van der Waals surface area contributed by atoms with Crippen LogP contribution in [-0.2, 0) is 11.3 Å². The Morgan fingerprint density at radius 1 is 1.44 bits per heavy atom. The van der Waals surface area contributed by atoms with Crippen molar-refractivity contribution in [1.82, 2.24) is 4.90 Å². The molecule has 1 fully saturated rings. The smallest absolute Gasteiger partial charge is 0.325 e. The van der Waals surface area contributed by atoms with E-state index >= 15 is 0 Å². The molecule has 1 aliphatic rings. The van der Waals surface area contributed by atoms with Gasteiger partial charge in [0.05, 0.1) is 0 Å². The first-order valence-corrected chi connectivity index (χ1v) is 5.39. The zero-order valence-electron chi connectivity index (χ0n) is 9.10. The van der Waals surface area contributed by atoms with E-state index in [0.29, 0.717) is 13.0 Å². The highest BCUT2D eigenvalue weighted by Crippen LogP contribution is 2.20. The number of hydrogen-bond donors (Lipinski definition) is 2. The zero-order valence-corrected chi connectivity index (χ0v) is 9.10. The number of nitrogens with two attached hydrogens (primary N) is 1. The van der Waals surface area contributed by atoms with E-state index in [4.69, 9.17) is 10.8 Å². The Labute approximate surface area is 94.7 Å². The summed E-state index contributed by atoms with van der Waals surface area (Å²) in [6.07, 6.45) is 0.523. The third-order valence-corrected chi connectivity index (χ3v) is 3.05. The second-order valence-corrected chi connectivity index (χ2v) is 4.41. The molecule has 1 atom stereocenters. The normalized spacial score (nSPS) is 25.8. The molecule has 0 unspecified atom stereocenters. The van der Waals surface area contributed by atoms with Crippen molar-refractivity contribution in [3.05, 3.63) is 35.9 Å². The number of carbonyl (C=O) groups is 1. The Bertz CT molecular complexity index is 380. The Kier molecular flexibility index (Phi) is 2.94. The fourth-order valence-corrected chi connectivity index (χ4v) is 2.07. The van der Waals surface area contributed by atoms with Gasteiger partial charge in [0.2, 0.25) is 0 Å². The molecular formula is C12H16N2O2. The molecule has 0 spiro atoms. The third-order valence-electron chi connectivity index (χ3n) is 3.05. The highest BCUT2D eigenvalue weighted by Gasteiger charge is 2.40. The second-order valence-electron chi connectivity index (χ2n) is 4.41. The Morgan fingerprint density at radius 3 is 2.69 bits per heavy atom. The molecule has 0 bridgehead atoms. The molecule has 1 saturated heterocycles. The molecule has 3 N–H and O–H groups in total. The van der Waals surface area contributed by atoms with Crippen molar-refractivity contribution < 1.29 is 9.90 Å². The van der Waals surface area contributed by atoms with E-state index in [9.17, 15) is 4.79 Å². The maximum absolute atomic E-state index is 11.0. The number of aliphatic carboxylic acids is 1. The fraction of sp³-hybridized carbons (Fsp3) is 0.417. The van der Waals surface area contributed by atoms with Gasteiger partial charge < -0.3 is 10.8 Å². The average molecular weight is 220 g/mol. The van der Waals surface area contributed by atoms with Crippen LogP contribution in [0.1, 0.15) is 12.0 Å². The van der Waals surface area contributed by atoms with Crippen molar-refractivity contribution in [2.45, 2.75) is 18.5 Å². The zero-order chi connectivity index (χ0) is 11.6. The molecule has 1 aliphatic heterocycles. The standard InChI is InChI=1S/C12H16N2O2/c13-12(11(15)16)6-7-14(9-12)8-10-4-2-1-3-5-10/h1-5H,6-9,13H2,(H,15,16)/t12-/m1/s1. The lowest BCUT2D eigenvalue weighted by Gasteiger charge is -2.19. The number of hydrogen-bond acceptors (Lipinski definition) is 3. The third kappa shape index (κ3) is 2.23. The van der Waals surface area contributed by atoms with Crippen LogP contribution < -0.4 is 5.73 Å². The van der Waals surface area contributed by atoms with E-state index in [-0.39, 0.29) is 0 Å². The van der Waals surface area contributed by atoms with Gasteiger partial charge in [-0.15, -0.1) is 0 Å². The summed E-state index contributed by atoms with van der Waals surface area (Å²) in [5, 5.41) is 9.00. The molecule has 86 valence electrons. The van der Waals surface area contributed by atoms with Gasteiger partial charge in [-0.1, -0.05) is 30.3 Å². The summed E-state index contributed by atoms with van der Waals surface area (Å²) in [5.41, 5.74) is 5.94. The van der Waals surface area contributed by atoms with Crippen molar-refractivity contribution >= 4 is 5.97 Å². The first-order valence-electron chi connectivity index (χ1n) is 5.39. The molecule has 1 aromatic rings. The molecule has 4 heteroatoms. The maximum atomic E-state index is 11.0. The van der Waals surface area contributed by atoms with Crippen LogP contribution in [0, 0.1) is 0 Å². The summed E-state index contributed by atoms with van der Waals surface area (Å²) in [5.74, 6) is -0.900. The molecule has 2 rings (SSSR count). The minimum atomic E-state index is -1.06. The van der Waals surface area contributed by atoms with E-state index in [0.717, 1.165) is 13.1 Å². The SMILES string of the molecule is N[C@]1(C(=O)O)CCN(Cc2ccccc2)C1. The molecule has 1 heterocycles. The van der Waals surface area contributed by atoms with Crippen molar-refractivity contribution in [1.29, 1.82) is 0 Å². The highest BCUT2D eigenvalue weighted by molar-refractivity contribution is 5.79. The lowest BCUT2D eigenvalue weighted by Crippen LogP contribution is -2.50. The van der Waals surface area contributed by atoms with Crippen molar-refractivity contribution in [3.8, 4) is 0 Å². The lowest BCUT2D eigenvalue weighted by atomic mass is 10.0. The number of likely N-dealkylation sites (tertiary alicyclic amines) is 1. The van der Waals surface area contributed by atoms with Gasteiger partial charge in [0.15, 0.2) is 0 Å². The first kappa shape index (κ1) is 11.1. The molecule has 4 nitrogen and oxygen atoms in total. The van der Waals surface area contributed by atoms with Gasteiger partial charge in [-0.3, -0.25) is 9.69 Å². The predicted octanol–water partition coefficient (Wildman–Crippen LogP) is 0.674. The molecule has 0 saturated carbocycles. The maximum Gasteiger partial charge on any atom is 0.325 e. The molecule has 0 aliphatic carbocycles. The molecular weight excluding hydrogens is 204 g/mol. The fourth-order valence-electron chi connectivity index (χ4n) is 2.07. The van der Waals surface area contributed by atoms with Crippen LogP contribution in [0.25, 0.3) is 0 Å². The highest BCUT2D eigenvalue weighted by atomic mass is 16.4. The summed E-state index contributed by atoms with van der Waals surface area (Å²) in [4.78, 5) is 13.1. The quantitative estimate of drug-likeness (QED) is 0.786. The van der Waals surface area contributed by atoms with Gasteiger partial charge in [0.25, 0.3) is 0 Å². The van der Waals surface area contributed by atoms with Gasteiger partial charge in [-0.25, -0.2) is 0 Å². The number of carboxylic acids is 1. The van der Waals surface area contributed by atoms with Crippen LogP contribution in [0.3, 0.4) is 0 Å². The lowest BCUT2D eigenvalue weighted by molar-refractivity contribution is -0.142. The number of benzene rings is 1. The van der Waals surface area contributed by atoms with Crippen LogP contribution in [0.15, 0.2) is 30.3 Å². The van der Waals surface area contributed by atoms with Crippen molar-refractivity contribution in [3.63, 3.8) is 0 Å². The largest absolute Gasteiger partial charge is 0.480 e. The number of nitrogens with zero attached hydrogens (tertiary/aromatic N) is 1. The topological polar surface area (TPSA) is 66.6 Å². The summed E-state index contributed by atoms with van der Waals surface area (Å²) < 4.78 is 0. The Hall–Kier alpha value is -1.39. The number of carboxylic acid groups (broad SMARTS) is 1. The summed E-state index contributed by atoms with van der Waals surface area (Å²) in [7, 11) is 0. The Balaban J connectivity index is 1.98. The van der Waals surface area contributed by atoms with E-state index in [1.807, 2.05) is 30.3 Å². The molecule has 16 heavy (non-hydrogen) atoms. The van der Waals surface area contributed by atoms with Gasteiger partial charge in [0, 0.05) is 19.6 Å². The number of rotatable bonds is 3. The van der Waals surface area contributed by atoms with Gasteiger partial charge in [-0.05, 0) is 12.0 Å². The monoisotopic (exact) mass is 220 g/mol. The van der Waals surface area contributed by atoms with Gasteiger partial charge in [0.1, 0.15) is 5.54 Å². The second kappa shape index (κ2) is 4.23. The van der Waals surface area contributed by atoms with E-state index in [1.165, 1.54) is 5.56 Å². The van der Waals surface area contributed by atoms with Gasteiger partial charge in [-0.2, -0.15) is 0 Å². The molecule has 0 aromatic heterocycles. The Morgan fingerprint density at radius 2 is 2.12 bits per heavy atom.